The number of carbonyl (C=O) groups excluding carboxylic acids is 1. The molecule has 3 aromatic rings. The summed E-state index contributed by atoms with van der Waals surface area (Å²) in [6, 6.07) is 5.03. The molecule has 0 bridgehead atoms. The van der Waals surface area contributed by atoms with Gasteiger partial charge in [-0.05, 0) is 70.2 Å². The molecule has 0 aromatic carbocycles. The molecule has 5 heterocycles. The van der Waals surface area contributed by atoms with Gasteiger partial charge in [0.25, 0.3) is 0 Å². The number of likely N-dealkylation sites (tertiary alicyclic amines) is 1. The van der Waals surface area contributed by atoms with Gasteiger partial charge in [0.1, 0.15) is 5.60 Å². The van der Waals surface area contributed by atoms with Gasteiger partial charge in [-0.25, -0.2) is 18.4 Å². The Labute approximate surface area is 253 Å². The zero-order chi connectivity index (χ0) is 31.2. The van der Waals surface area contributed by atoms with Crippen molar-refractivity contribution in [1.29, 1.82) is 0 Å². The number of halogens is 3. The normalized spacial score (nSPS) is 19.7. The molecular formula is C30H35F3N4O4S2. The van der Waals surface area contributed by atoms with E-state index in [0.717, 1.165) is 16.9 Å². The number of carbonyl (C=O) groups is 1. The van der Waals surface area contributed by atoms with E-state index in [-0.39, 0.29) is 35.0 Å². The number of aromatic nitrogens is 3. The largest absolute Gasteiger partial charge is 0.451 e. The van der Waals surface area contributed by atoms with E-state index in [1.807, 2.05) is 19.9 Å². The second-order valence-corrected chi connectivity index (χ2v) is 14.7. The van der Waals surface area contributed by atoms with E-state index < -0.39 is 27.4 Å². The van der Waals surface area contributed by atoms with E-state index in [9.17, 15) is 26.4 Å². The lowest BCUT2D eigenvalue weighted by Crippen LogP contribution is -2.48. The second-order valence-electron chi connectivity index (χ2n) is 11.3. The number of rotatable bonds is 8. The Hall–Kier alpha value is -2.74. The van der Waals surface area contributed by atoms with Crippen LogP contribution < -0.4 is 0 Å². The van der Waals surface area contributed by atoms with Crippen molar-refractivity contribution >= 4 is 27.0 Å². The topological polar surface area (TPSA) is 102 Å². The maximum atomic E-state index is 13.2. The third-order valence-electron chi connectivity index (χ3n) is 8.45. The van der Waals surface area contributed by atoms with Crippen LogP contribution in [-0.4, -0.2) is 59.0 Å². The van der Waals surface area contributed by atoms with E-state index in [4.69, 9.17) is 4.74 Å². The number of Topliss-reactive ketones (excluding diaryl/α,β-unsaturated/α-hetero) is 1. The fourth-order valence-electron chi connectivity index (χ4n) is 6.00. The first-order chi connectivity index (χ1) is 20.2. The number of fused-ring (bicyclic) bond motifs is 2. The molecule has 0 radical (unpaired) electrons. The number of alkyl halides is 3. The van der Waals surface area contributed by atoms with Gasteiger partial charge in [0, 0.05) is 59.8 Å². The van der Waals surface area contributed by atoms with Crippen LogP contribution >= 0.6 is 11.3 Å². The molecule has 13 heteroatoms. The summed E-state index contributed by atoms with van der Waals surface area (Å²) in [5, 5.41) is 0. The third-order valence-corrected chi connectivity index (χ3v) is 11.6. The molecule has 3 aromatic heterocycles. The number of piperidine rings is 1. The van der Waals surface area contributed by atoms with Gasteiger partial charge >= 0.3 is 6.18 Å². The van der Waals surface area contributed by atoms with Crippen LogP contribution in [0.15, 0.2) is 35.5 Å². The highest BCUT2D eigenvalue weighted by Crippen LogP contribution is 2.48. The molecule has 1 unspecified atom stereocenters. The summed E-state index contributed by atoms with van der Waals surface area (Å²) < 4.78 is 69.8. The van der Waals surface area contributed by atoms with E-state index >= 15 is 0 Å². The quantitative estimate of drug-likeness (QED) is 0.283. The summed E-state index contributed by atoms with van der Waals surface area (Å²) in [5.41, 5.74) is 2.27. The molecule has 0 amide bonds. The summed E-state index contributed by atoms with van der Waals surface area (Å²) in [6.07, 6.45) is 0.817. The minimum absolute atomic E-state index is 0.00419. The van der Waals surface area contributed by atoms with Crippen molar-refractivity contribution in [2.75, 3.05) is 18.8 Å². The fourth-order valence-corrected chi connectivity index (χ4v) is 8.18. The highest BCUT2D eigenvalue weighted by atomic mass is 32.2. The van der Waals surface area contributed by atoms with Gasteiger partial charge in [-0.1, -0.05) is 6.92 Å². The molecule has 5 rings (SSSR count). The summed E-state index contributed by atoms with van der Waals surface area (Å²) in [5.74, 6) is -1.11. The molecule has 2 aliphatic rings. The maximum absolute atomic E-state index is 13.2. The second kappa shape index (κ2) is 12.0. The van der Waals surface area contributed by atoms with Crippen LogP contribution in [0.1, 0.15) is 89.0 Å². The molecule has 8 nitrogen and oxygen atoms in total. The summed E-state index contributed by atoms with van der Waals surface area (Å²) >= 11 is 1.49. The minimum atomic E-state index is -4.58. The van der Waals surface area contributed by atoms with Gasteiger partial charge < -0.3 is 4.74 Å². The standard InChI is InChI=1S/C30H35F3N4O4S2/c1-5-43(39,40)23-8-6-22(34-16-23)7-9-25(38)26-15-21-14-18(2)41-29(27(21)42-26)10-12-37(13-11-29)20(4)24-17-35-28(30(31,32)33)36-19(24)3/h6,8,15-18,20H,5,7,9-14H2,1-4H3/t18-,20?/m0/s1. The zero-order valence-corrected chi connectivity index (χ0v) is 26.2. The highest BCUT2D eigenvalue weighted by Gasteiger charge is 2.45. The van der Waals surface area contributed by atoms with Gasteiger partial charge in [0.15, 0.2) is 15.6 Å². The fraction of sp³-hybridized carbons (Fsp3) is 0.533. The van der Waals surface area contributed by atoms with Gasteiger partial charge in [0.2, 0.25) is 5.82 Å². The first kappa shape index (κ1) is 31.7. The van der Waals surface area contributed by atoms with Gasteiger partial charge in [-0.15, -0.1) is 11.3 Å². The predicted octanol–water partition coefficient (Wildman–Crippen LogP) is 5.88. The van der Waals surface area contributed by atoms with Crippen molar-refractivity contribution < 1.29 is 31.1 Å². The Morgan fingerprint density at radius 1 is 1.21 bits per heavy atom. The van der Waals surface area contributed by atoms with Crippen molar-refractivity contribution in [3.8, 4) is 0 Å². The molecule has 2 aliphatic heterocycles. The predicted molar refractivity (Wildman–Crippen MR) is 156 cm³/mol. The SMILES string of the molecule is CCS(=O)(=O)c1ccc(CCC(=O)c2cc3c(s2)C2(CCN(C(C)c4cnc(C(F)(F)F)nc4C)CC2)O[C@@H](C)C3)nc1. The molecule has 2 atom stereocenters. The number of ketones is 1. The summed E-state index contributed by atoms with van der Waals surface area (Å²) in [6.45, 7) is 8.50. The Morgan fingerprint density at radius 3 is 2.53 bits per heavy atom. The number of aryl methyl sites for hydroxylation is 2. The molecule has 0 aliphatic carbocycles. The van der Waals surface area contributed by atoms with E-state index in [1.165, 1.54) is 29.8 Å². The Balaban J connectivity index is 1.26. The molecule has 1 fully saturated rings. The van der Waals surface area contributed by atoms with Crippen LogP contribution in [0.25, 0.3) is 0 Å². The number of sulfone groups is 1. The maximum Gasteiger partial charge on any atom is 0.451 e. The van der Waals surface area contributed by atoms with E-state index in [1.54, 1.807) is 19.9 Å². The van der Waals surface area contributed by atoms with Crippen LogP contribution in [0.5, 0.6) is 0 Å². The van der Waals surface area contributed by atoms with Crippen LogP contribution in [0, 0.1) is 6.92 Å². The molecule has 1 saturated heterocycles. The van der Waals surface area contributed by atoms with Crippen molar-refractivity contribution in [1.82, 2.24) is 19.9 Å². The van der Waals surface area contributed by atoms with Crippen molar-refractivity contribution in [2.45, 2.75) is 88.6 Å². The van der Waals surface area contributed by atoms with Crippen molar-refractivity contribution in [2.24, 2.45) is 0 Å². The van der Waals surface area contributed by atoms with Crippen LogP contribution in [0.3, 0.4) is 0 Å². The Morgan fingerprint density at radius 2 is 1.93 bits per heavy atom. The first-order valence-corrected chi connectivity index (χ1v) is 16.9. The zero-order valence-electron chi connectivity index (χ0n) is 24.6. The van der Waals surface area contributed by atoms with Crippen LogP contribution in [-0.2, 0) is 39.2 Å². The molecule has 1 spiro atoms. The lowest BCUT2D eigenvalue weighted by atomic mass is 9.83. The highest BCUT2D eigenvalue weighted by molar-refractivity contribution is 7.91. The molecule has 43 heavy (non-hydrogen) atoms. The number of ether oxygens (including phenoxy) is 1. The summed E-state index contributed by atoms with van der Waals surface area (Å²) in [7, 11) is -3.33. The average Bonchev–Trinajstić information content (AvgIpc) is 3.41. The lowest BCUT2D eigenvalue weighted by Gasteiger charge is -2.47. The molecule has 232 valence electrons. The number of pyridine rings is 1. The number of thiophene rings is 1. The number of nitrogens with zero attached hydrogens (tertiary/aromatic N) is 4. The third kappa shape index (κ3) is 6.54. The van der Waals surface area contributed by atoms with Crippen LogP contribution in [0.4, 0.5) is 13.2 Å². The van der Waals surface area contributed by atoms with Crippen LogP contribution in [0.2, 0.25) is 0 Å². The lowest BCUT2D eigenvalue weighted by molar-refractivity contribution is -0.145. The number of hydrogen-bond donors (Lipinski definition) is 0. The van der Waals surface area contributed by atoms with Gasteiger partial charge in [-0.3, -0.25) is 14.7 Å². The monoisotopic (exact) mass is 636 g/mol. The van der Waals surface area contributed by atoms with Gasteiger partial charge in [0.05, 0.1) is 21.6 Å². The molecule has 0 N–H and O–H groups in total. The summed E-state index contributed by atoms with van der Waals surface area (Å²) in [4.78, 5) is 28.9. The Kier molecular flexibility index (Phi) is 8.83. The molecule has 0 saturated carbocycles. The van der Waals surface area contributed by atoms with Crippen molar-refractivity contribution in [3.63, 3.8) is 0 Å². The average molecular weight is 637 g/mol. The minimum Gasteiger partial charge on any atom is -0.366 e. The first-order valence-electron chi connectivity index (χ1n) is 14.4. The molecular weight excluding hydrogens is 601 g/mol. The Bertz CT molecular complexity index is 1600. The van der Waals surface area contributed by atoms with Crippen molar-refractivity contribution in [3.05, 3.63) is 68.7 Å². The van der Waals surface area contributed by atoms with E-state index in [0.29, 0.717) is 54.2 Å². The van der Waals surface area contributed by atoms with Gasteiger partial charge in [-0.2, -0.15) is 13.2 Å². The van der Waals surface area contributed by atoms with E-state index in [2.05, 4.69) is 19.9 Å². The smallest absolute Gasteiger partial charge is 0.366 e. The number of hydrogen-bond acceptors (Lipinski definition) is 9.